The van der Waals surface area contributed by atoms with Crippen LogP contribution in [-0.4, -0.2) is 49.2 Å². The second kappa shape index (κ2) is 10.5. The Morgan fingerprint density at radius 3 is 1.89 bits per heavy atom. The van der Waals surface area contributed by atoms with Gasteiger partial charge in [-0.1, -0.05) is 13.2 Å². The summed E-state index contributed by atoms with van der Waals surface area (Å²) in [5.74, 6) is -1.23. The number of carboxylic acid groups (broad SMARTS) is 1. The van der Waals surface area contributed by atoms with Crippen molar-refractivity contribution < 1.29 is 19.4 Å². The highest BCUT2D eigenvalue weighted by atomic mass is 16.5. The van der Waals surface area contributed by atoms with E-state index >= 15 is 0 Å². The second-order valence-electron chi connectivity index (χ2n) is 4.16. The van der Waals surface area contributed by atoms with E-state index in [2.05, 4.69) is 18.1 Å². The average molecular weight is 257 g/mol. The molecule has 0 aliphatic heterocycles. The molecule has 0 aromatic heterocycles. The van der Waals surface area contributed by atoms with Crippen molar-refractivity contribution in [2.24, 2.45) is 0 Å². The summed E-state index contributed by atoms with van der Waals surface area (Å²) in [5.41, 5.74) is 0.634. The van der Waals surface area contributed by atoms with Crippen LogP contribution in [0.1, 0.15) is 20.3 Å². The molecule has 0 bridgehead atoms. The van der Waals surface area contributed by atoms with Crippen LogP contribution in [0.4, 0.5) is 0 Å². The summed E-state index contributed by atoms with van der Waals surface area (Å²) in [6.45, 7) is 11.1. The molecule has 0 heterocycles. The third-order valence-corrected chi connectivity index (χ3v) is 1.70. The lowest BCUT2D eigenvalue weighted by Gasteiger charge is -2.09. The fourth-order valence-corrected chi connectivity index (χ4v) is 0.669. The fourth-order valence-electron chi connectivity index (χ4n) is 0.669. The van der Waals surface area contributed by atoms with Gasteiger partial charge in [0.1, 0.15) is 0 Å². The number of esters is 1. The Hall–Kier alpha value is -1.62. The quantitative estimate of drug-likeness (QED) is 0.445. The summed E-state index contributed by atoms with van der Waals surface area (Å²) in [7, 11) is 3.97. The van der Waals surface area contributed by atoms with Gasteiger partial charge in [0.25, 0.3) is 0 Å². The molecule has 0 fully saturated rings. The van der Waals surface area contributed by atoms with Crippen molar-refractivity contribution in [1.29, 1.82) is 0 Å². The highest BCUT2D eigenvalue weighted by Crippen LogP contribution is 1.93. The number of carbonyl (C=O) groups excluding carboxylic acids is 1. The molecule has 1 N–H and O–H groups in total. The Morgan fingerprint density at radius 2 is 1.61 bits per heavy atom. The first-order valence-corrected chi connectivity index (χ1v) is 5.54. The molecule has 0 spiro atoms. The van der Waals surface area contributed by atoms with Crippen molar-refractivity contribution in [3.63, 3.8) is 0 Å². The predicted molar refractivity (Wildman–Crippen MR) is 71.4 cm³/mol. The van der Waals surface area contributed by atoms with Crippen molar-refractivity contribution in [1.82, 2.24) is 4.90 Å². The summed E-state index contributed by atoms with van der Waals surface area (Å²) in [6, 6.07) is 0. The van der Waals surface area contributed by atoms with Gasteiger partial charge in [-0.25, -0.2) is 9.59 Å². The minimum Gasteiger partial charge on any atom is -0.478 e. The molecule has 104 valence electrons. The molecule has 0 aromatic rings. The van der Waals surface area contributed by atoms with Crippen molar-refractivity contribution >= 4 is 11.9 Å². The van der Waals surface area contributed by atoms with Crippen LogP contribution in [0.25, 0.3) is 0 Å². The summed E-state index contributed by atoms with van der Waals surface area (Å²) in [4.78, 5) is 22.5. The zero-order chi connectivity index (χ0) is 14.7. The van der Waals surface area contributed by atoms with Gasteiger partial charge in [0.15, 0.2) is 0 Å². The lowest BCUT2D eigenvalue weighted by Crippen LogP contribution is -2.16. The number of hydrogen-bond donors (Lipinski definition) is 1. The number of nitrogens with zero attached hydrogens (tertiary/aromatic N) is 1. The molecule has 0 saturated carbocycles. The highest BCUT2D eigenvalue weighted by molar-refractivity contribution is 5.86. The van der Waals surface area contributed by atoms with Gasteiger partial charge in [0.2, 0.25) is 0 Å². The van der Waals surface area contributed by atoms with Crippen LogP contribution in [0.2, 0.25) is 0 Å². The Kier molecular flexibility index (Phi) is 11.0. The maximum Gasteiger partial charge on any atom is 0.333 e. The monoisotopic (exact) mass is 257 g/mol. The fraction of sp³-hybridized carbons (Fsp3) is 0.538. The smallest absolute Gasteiger partial charge is 0.333 e. The molecule has 0 amide bonds. The molecular weight excluding hydrogens is 234 g/mol. The van der Waals surface area contributed by atoms with Gasteiger partial charge in [-0.2, -0.15) is 0 Å². The van der Waals surface area contributed by atoms with Crippen LogP contribution >= 0.6 is 0 Å². The Morgan fingerprint density at radius 1 is 1.17 bits per heavy atom. The molecule has 0 aliphatic carbocycles. The van der Waals surface area contributed by atoms with Gasteiger partial charge in [0, 0.05) is 17.7 Å². The van der Waals surface area contributed by atoms with E-state index in [0.717, 1.165) is 13.0 Å². The number of carbonyl (C=O) groups is 2. The van der Waals surface area contributed by atoms with Crippen LogP contribution in [-0.2, 0) is 14.3 Å². The Bertz CT molecular complexity index is 296. The molecule has 0 unspecified atom stereocenters. The predicted octanol–water partition coefficient (Wildman–Crippen LogP) is 1.70. The van der Waals surface area contributed by atoms with Crippen LogP contribution in [0.5, 0.6) is 0 Å². The largest absolute Gasteiger partial charge is 0.478 e. The van der Waals surface area contributed by atoms with E-state index < -0.39 is 5.97 Å². The number of carboxylic acids is 1. The average Bonchev–Trinajstić information content (AvgIpc) is 2.24. The molecule has 5 nitrogen and oxygen atoms in total. The second-order valence-corrected chi connectivity index (χ2v) is 4.16. The van der Waals surface area contributed by atoms with Gasteiger partial charge in [0.05, 0.1) is 6.61 Å². The Labute approximate surface area is 109 Å². The van der Waals surface area contributed by atoms with Crippen LogP contribution in [0.3, 0.4) is 0 Å². The van der Waals surface area contributed by atoms with Crippen LogP contribution in [0.15, 0.2) is 24.3 Å². The number of aliphatic carboxylic acids is 1. The lowest BCUT2D eigenvalue weighted by atomic mass is 10.3. The third-order valence-electron chi connectivity index (χ3n) is 1.70. The van der Waals surface area contributed by atoms with Crippen molar-refractivity contribution in [3.8, 4) is 0 Å². The van der Waals surface area contributed by atoms with E-state index in [1.807, 2.05) is 14.1 Å². The summed E-state index contributed by atoms with van der Waals surface area (Å²) in [5, 5.41) is 7.89. The third kappa shape index (κ3) is 14.4. The van der Waals surface area contributed by atoms with Gasteiger partial charge >= 0.3 is 11.9 Å². The molecule has 0 aromatic carbocycles. The van der Waals surface area contributed by atoms with Gasteiger partial charge in [-0.3, -0.25) is 0 Å². The highest BCUT2D eigenvalue weighted by Gasteiger charge is 2.01. The lowest BCUT2D eigenvalue weighted by molar-refractivity contribution is -0.139. The topological polar surface area (TPSA) is 66.8 Å². The van der Waals surface area contributed by atoms with Gasteiger partial charge in [-0.15, -0.1) is 0 Å². The molecule has 18 heavy (non-hydrogen) atoms. The van der Waals surface area contributed by atoms with E-state index in [-0.39, 0.29) is 11.5 Å². The molecule has 0 aliphatic rings. The molecule has 0 rings (SSSR count). The minimum atomic E-state index is -0.935. The zero-order valence-corrected chi connectivity index (χ0v) is 11.7. The maximum absolute atomic E-state index is 10.9. The van der Waals surface area contributed by atoms with E-state index in [9.17, 15) is 9.59 Å². The summed E-state index contributed by atoms with van der Waals surface area (Å²) < 4.78 is 4.89. The number of rotatable bonds is 6. The van der Waals surface area contributed by atoms with Crippen LogP contribution in [0, 0.1) is 0 Å². The number of hydrogen-bond acceptors (Lipinski definition) is 4. The van der Waals surface area contributed by atoms with Crippen LogP contribution < -0.4 is 0 Å². The molecular formula is C13H23NO4. The maximum atomic E-state index is 10.9. The Balaban J connectivity index is 0. The van der Waals surface area contributed by atoms with Gasteiger partial charge < -0.3 is 14.7 Å². The standard InChI is InChI=1S/C9H17NO2.C4H6O2/c1-8(2)9(11)12-7-5-6-10(3)4;1-3(2)4(5)6/h1,5-7H2,2-4H3;1H2,2H3,(H,5,6). The molecule has 5 heteroatoms. The van der Waals surface area contributed by atoms with E-state index in [4.69, 9.17) is 9.84 Å². The first kappa shape index (κ1) is 18.7. The normalized spacial score (nSPS) is 9.17. The van der Waals surface area contributed by atoms with E-state index in [0.29, 0.717) is 12.2 Å². The summed E-state index contributed by atoms with van der Waals surface area (Å²) >= 11 is 0. The zero-order valence-electron chi connectivity index (χ0n) is 11.7. The summed E-state index contributed by atoms with van der Waals surface area (Å²) in [6.07, 6.45) is 0.867. The van der Waals surface area contributed by atoms with E-state index in [1.165, 1.54) is 6.92 Å². The molecule has 0 atom stereocenters. The molecule has 0 saturated heterocycles. The van der Waals surface area contributed by atoms with Gasteiger partial charge in [-0.05, 0) is 34.4 Å². The van der Waals surface area contributed by atoms with Crippen molar-refractivity contribution in [2.75, 3.05) is 27.2 Å². The SMILES string of the molecule is C=C(C)C(=O)O.C=C(C)C(=O)OCCCN(C)C. The van der Waals surface area contributed by atoms with E-state index in [1.54, 1.807) is 6.92 Å². The number of ether oxygens (including phenoxy) is 1. The first-order valence-electron chi connectivity index (χ1n) is 5.54. The first-order chi connectivity index (χ1) is 8.18. The van der Waals surface area contributed by atoms with Crippen molar-refractivity contribution in [3.05, 3.63) is 24.3 Å². The minimum absolute atomic E-state index is 0.176. The van der Waals surface area contributed by atoms with Crippen molar-refractivity contribution in [2.45, 2.75) is 20.3 Å². The molecule has 0 radical (unpaired) electrons.